The molecule has 7 nitrogen and oxygen atoms in total. The molecule has 47 heavy (non-hydrogen) atoms. The number of benzene rings is 4. The van der Waals surface area contributed by atoms with Crippen LogP contribution >= 0.6 is 0 Å². The first-order chi connectivity index (χ1) is 23.0. The number of aryl methyl sites for hydroxylation is 5. The Bertz CT molecular complexity index is 1980. The maximum absolute atomic E-state index is 13.8. The second kappa shape index (κ2) is 14.7. The highest BCUT2D eigenvalue weighted by atomic mass is 16.5. The molecule has 0 aliphatic carbocycles. The maximum atomic E-state index is 13.8. The first-order valence-corrected chi connectivity index (χ1v) is 16.6. The molecule has 6 aromatic rings. The van der Waals surface area contributed by atoms with Crippen molar-refractivity contribution in [3.05, 3.63) is 119 Å². The van der Waals surface area contributed by atoms with Crippen molar-refractivity contribution in [2.24, 2.45) is 7.05 Å². The van der Waals surface area contributed by atoms with E-state index in [4.69, 9.17) is 9.47 Å². The first kappa shape index (κ1) is 32.1. The van der Waals surface area contributed by atoms with E-state index in [9.17, 15) is 9.90 Å². The number of aliphatic hydroxyl groups excluding tert-OH is 1. The van der Waals surface area contributed by atoms with E-state index in [1.807, 2.05) is 57.3 Å². The van der Waals surface area contributed by atoms with Crippen LogP contribution in [0.4, 0.5) is 0 Å². The molecule has 2 aromatic heterocycles. The maximum Gasteiger partial charge on any atom is 0.355 e. The van der Waals surface area contributed by atoms with Gasteiger partial charge < -0.3 is 19.1 Å². The quantitative estimate of drug-likeness (QED) is 0.0971. The molecule has 0 saturated carbocycles. The van der Waals surface area contributed by atoms with Gasteiger partial charge >= 0.3 is 5.97 Å². The Balaban J connectivity index is 1.38. The summed E-state index contributed by atoms with van der Waals surface area (Å²) >= 11 is 0. The van der Waals surface area contributed by atoms with Crippen molar-refractivity contribution in [2.45, 2.75) is 59.1 Å². The molecule has 0 spiro atoms. The summed E-state index contributed by atoms with van der Waals surface area (Å²) in [6, 6.07) is 31.1. The van der Waals surface area contributed by atoms with Gasteiger partial charge in [-0.2, -0.15) is 5.10 Å². The molecule has 242 valence electrons. The molecule has 2 heterocycles. The van der Waals surface area contributed by atoms with Gasteiger partial charge in [0.1, 0.15) is 11.4 Å². The van der Waals surface area contributed by atoms with Crippen molar-refractivity contribution in [1.82, 2.24) is 14.3 Å². The smallest absolute Gasteiger partial charge is 0.355 e. The molecule has 0 unspecified atom stereocenters. The molecule has 0 atom stereocenters. The van der Waals surface area contributed by atoms with Gasteiger partial charge in [0.15, 0.2) is 0 Å². The molecule has 0 radical (unpaired) electrons. The van der Waals surface area contributed by atoms with Crippen molar-refractivity contribution >= 4 is 27.6 Å². The highest BCUT2D eigenvalue weighted by Crippen LogP contribution is 2.38. The minimum Gasteiger partial charge on any atom is -0.493 e. The Morgan fingerprint density at radius 3 is 2.40 bits per heavy atom. The van der Waals surface area contributed by atoms with E-state index >= 15 is 0 Å². The lowest BCUT2D eigenvalue weighted by atomic mass is 9.98. The van der Waals surface area contributed by atoms with Crippen LogP contribution in [0.15, 0.2) is 91.0 Å². The molecule has 0 bridgehead atoms. The minimum absolute atomic E-state index is 0.135. The van der Waals surface area contributed by atoms with Crippen LogP contribution in [0, 0.1) is 6.92 Å². The highest BCUT2D eigenvalue weighted by Gasteiger charge is 2.27. The average molecular weight is 630 g/mol. The molecule has 0 amide bonds. The normalized spacial score (nSPS) is 11.4. The molecular weight excluding hydrogens is 586 g/mol. The average Bonchev–Trinajstić information content (AvgIpc) is 3.57. The van der Waals surface area contributed by atoms with E-state index in [-0.39, 0.29) is 12.6 Å². The Morgan fingerprint density at radius 2 is 1.60 bits per heavy atom. The van der Waals surface area contributed by atoms with Crippen LogP contribution < -0.4 is 4.74 Å². The molecule has 4 aromatic carbocycles. The van der Waals surface area contributed by atoms with Crippen molar-refractivity contribution in [3.8, 4) is 16.9 Å². The third-order valence-electron chi connectivity index (χ3n) is 8.93. The number of hydrogen-bond acceptors (Lipinski definition) is 5. The van der Waals surface area contributed by atoms with E-state index in [1.54, 1.807) is 4.68 Å². The summed E-state index contributed by atoms with van der Waals surface area (Å²) in [5, 5.41) is 18.3. The third-order valence-corrected chi connectivity index (χ3v) is 8.93. The second-order valence-electron chi connectivity index (χ2n) is 12.0. The number of esters is 1. The zero-order valence-electron chi connectivity index (χ0n) is 27.5. The number of aromatic nitrogens is 3. The molecular formula is C40H43N3O4. The van der Waals surface area contributed by atoms with Crippen molar-refractivity contribution in [1.29, 1.82) is 0 Å². The van der Waals surface area contributed by atoms with Gasteiger partial charge in [-0.25, -0.2) is 4.79 Å². The number of carbonyl (C=O) groups is 1. The Hall–Kier alpha value is -4.88. The predicted octanol–water partition coefficient (Wildman–Crippen LogP) is 8.21. The summed E-state index contributed by atoms with van der Waals surface area (Å²) in [5.41, 5.74) is 7.31. The summed E-state index contributed by atoms with van der Waals surface area (Å²) in [6.45, 7) is 5.15. The number of nitrogens with zero attached hydrogens (tertiary/aromatic N) is 3. The van der Waals surface area contributed by atoms with Gasteiger partial charge in [0.2, 0.25) is 0 Å². The van der Waals surface area contributed by atoms with Gasteiger partial charge in [-0.15, -0.1) is 0 Å². The number of carbonyl (C=O) groups excluding carboxylic acids is 1. The van der Waals surface area contributed by atoms with E-state index < -0.39 is 0 Å². The fraction of sp³-hybridized carbons (Fsp3) is 0.300. The predicted molar refractivity (Wildman–Crippen MR) is 188 cm³/mol. The summed E-state index contributed by atoms with van der Waals surface area (Å²) in [4.78, 5) is 13.8. The Labute approximate surface area is 276 Å². The van der Waals surface area contributed by atoms with Crippen molar-refractivity contribution < 1.29 is 19.4 Å². The van der Waals surface area contributed by atoms with E-state index in [0.717, 1.165) is 81.2 Å². The number of aliphatic hydroxyl groups is 1. The lowest BCUT2D eigenvalue weighted by molar-refractivity contribution is 0.0512. The Kier molecular flexibility index (Phi) is 10.0. The molecule has 0 fully saturated rings. The Morgan fingerprint density at radius 1 is 0.851 bits per heavy atom. The monoisotopic (exact) mass is 629 g/mol. The molecule has 0 aliphatic heterocycles. The number of para-hydroxylation sites is 1. The summed E-state index contributed by atoms with van der Waals surface area (Å²) in [5.74, 6) is 0.549. The van der Waals surface area contributed by atoms with Gasteiger partial charge in [0.05, 0.1) is 36.7 Å². The van der Waals surface area contributed by atoms with Gasteiger partial charge in [-0.05, 0) is 68.5 Å². The van der Waals surface area contributed by atoms with Gasteiger partial charge in [0, 0.05) is 35.5 Å². The minimum atomic E-state index is -0.312. The number of unbranched alkanes of at least 4 members (excludes halogenated alkanes) is 1. The summed E-state index contributed by atoms with van der Waals surface area (Å²) in [6.07, 6.45) is 4.21. The number of rotatable bonds is 14. The van der Waals surface area contributed by atoms with Crippen LogP contribution in [0.5, 0.6) is 5.75 Å². The number of hydrogen-bond donors (Lipinski definition) is 1. The zero-order chi connectivity index (χ0) is 32.8. The van der Waals surface area contributed by atoms with E-state index in [2.05, 4.69) is 64.3 Å². The van der Waals surface area contributed by atoms with Crippen LogP contribution in [0.25, 0.3) is 32.8 Å². The SMILES string of the molecule is CCOC(=O)c1c(CCCOc2cccc3ccccc23)c2cccc(-c3c(C)nn(C)c3CO)c2n1CCCCc1ccccc1. The van der Waals surface area contributed by atoms with Gasteiger partial charge in [0.25, 0.3) is 0 Å². The fourth-order valence-electron chi connectivity index (χ4n) is 6.83. The van der Waals surface area contributed by atoms with Crippen LogP contribution in [-0.2, 0) is 37.8 Å². The molecule has 0 aliphatic rings. The third kappa shape index (κ3) is 6.67. The van der Waals surface area contributed by atoms with Crippen LogP contribution in [0.3, 0.4) is 0 Å². The van der Waals surface area contributed by atoms with E-state index in [1.165, 1.54) is 5.56 Å². The second-order valence-corrected chi connectivity index (χ2v) is 12.0. The summed E-state index contributed by atoms with van der Waals surface area (Å²) < 4.78 is 15.9. The van der Waals surface area contributed by atoms with Crippen LogP contribution in [-0.4, -0.2) is 38.6 Å². The number of fused-ring (bicyclic) bond motifs is 2. The van der Waals surface area contributed by atoms with Crippen molar-refractivity contribution in [3.63, 3.8) is 0 Å². The van der Waals surface area contributed by atoms with Gasteiger partial charge in [-0.1, -0.05) is 84.9 Å². The zero-order valence-corrected chi connectivity index (χ0v) is 27.5. The summed E-state index contributed by atoms with van der Waals surface area (Å²) in [7, 11) is 1.86. The standard InChI is InChI=1S/C40H43N3O4/c1-4-46-40(45)39-33(23-14-26-47-36-24-12-19-30-18-8-9-20-31(30)36)32-21-13-22-34(37-28(2)41-42(3)35(37)27-44)38(32)43(39)25-11-10-17-29-15-6-5-7-16-29/h5-9,12-13,15-16,18-22,24,44H,4,10-11,14,17,23,25-27H2,1-3H3. The van der Waals surface area contributed by atoms with Crippen molar-refractivity contribution in [2.75, 3.05) is 13.2 Å². The molecule has 6 rings (SSSR count). The van der Waals surface area contributed by atoms with Gasteiger partial charge in [-0.3, -0.25) is 4.68 Å². The molecule has 7 heteroatoms. The largest absolute Gasteiger partial charge is 0.493 e. The fourth-order valence-corrected chi connectivity index (χ4v) is 6.83. The molecule has 1 N–H and O–H groups in total. The molecule has 0 saturated heterocycles. The van der Waals surface area contributed by atoms with Crippen LogP contribution in [0.2, 0.25) is 0 Å². The number of ether oxygens (including phenoxy) is 2. The topological polar surface area (TPSA) is 78.5 Å². The first-order valence-electron chi connectivity index (χ1n) is 16.6. The van der Waals surface area contributed by atoms with E-state index in [0.29, 0.717) is 31.9 Å². The highest BCUT2D eigenvalue weighted by molar-refractivity contribution is 6.05. The van der Waals surface area contributed by atoms with Crippen LogP contribution in [0.1, 0.15) is 59.2 Å². The lowest BCUT2D eigenvalue weighted by Crippen LogP contribution is -2.15. The lowest BCUT2D eigenvalue weighted by Gasteiger charge is -2.14.